The fourth-order valence-electron chi connectivity index (χ4n) is 2.10. The van der Waals surface area contributed by atoms with Crippen LogP contribution in [0.15, 0.2) is 65.7 Å². The molecule has 4 heteroatoms. The Morgan fingerprint density at radius 2 is 1.68 bits per heavy atom. The van der Waals surface area contributed by atoms with Gasteiger partial charge in [0, 0.05) is 11.3 Å². The molecule has 0 aliphatic rings. The van der Waals surface area contributed by atoms with E-state index in [0.29, 0.717) is 0 Å². The second-order valence-electron chi connectivity index (χ2n) is 4.98. The van der Waals surface area contributed by atoms with Gasteiger partial charge in [-0.15, -0.1) is 10.2 Å². The fourth-order valence-corrected chi connectivity index (χ4v) is 2.99. The molecule has 0 aliphatic carbocycles. The summed E-state index contributed by atoms with van der Waals surface area (Å²) in [6.07, 6.45) is 0. The lowest BCUT2D eigenvalue weighted by Crippen LogP contribution is -1.91. The Kier molecular flexibility index (Phi) is 4.49. The average molecular weight is 310 g/mol. The van der Waals surface area contributed by atoms with Crippen molar-refractivity contribution in [3.63, 3.8) is 0 Å². The highest BCUT2D eigenvalue weighted by molar-refractivity contribution is 7.98. The van der Waals surface area contributed by atoms with Crippen LogP contribution in [-0.2, 0) is 5.75 Å². The van der Waals surface area contributed by atoms with Crippen LogP contribution in [0.4, 0.5) is 4.39 Å². The van der Waals surface area contributed by atoms with Gasteiger partial charge in [0.1, 0.15) is 10.8 Å². The van der Waals surface area contributed by atoms with Crippen molar-refractivity contribution in [3.05, 3.63) is 77.6 Å². The van der Waals surface area contributed by atoms with Crippen LogP contribution in [0.3, 0.4) is 0 Å². The first-order chi connectivity index (χ1) is 10.7. The predicted octanol–water partition coefficient (Wildman–Crippen LogP) is 4.88. The van der Waals surface area contributed by atoms with E-state index >= 15 is 0 Å². The van der Waals surface area contributed by atoms with Crippen LogP contribution >= 0.6 is 11.8 Å². The van der Waals surface area contributed by atoms with Crippen LogP contribution in [0.1, 0.15) is 11.1 Å². The number of halogens is 1. The summed E-state index contributed by atoms with van der Waals surface area (Å²) in [6.45, 7) is 2.11. The maximum atomic E-state index is 12.9. The summed E-state index contributed by atoms with van der Waals surface area (Å²) in [4.78, 5) is 0. The molecular weight excluding hydrogens is 295 g/mol. The summed E-state index contributed by atoms with van der Waals surface area (Å²) in [5.41, 5.74) is 4.20. The van der Waals surface area contributed by atoms with Crippen molar-refractivity contribution >= 4 is 11.8 Å². The summed E-state index contributed by atoms with van der Waals surface area (Å²) in [5.74, 6) is 0.624. The molecule has 1 aromatic heterocycles. The minimum atomic E-state index is -0.248. The van der Waals surface area contributed by atoms with Gasteiger partial charge < -0.3 is 0 Å². The third kappa shape index (κ3) is 3.52. The summed E-state index contributed by atoms with van der Waals surface area (Å²) in [5, 5.41) is 9.34. The quantitative estimate of drug-likeness (QED) is 0.642. The minimum Gasteiger partial charge on any atom is -0.207 e. The van der Waals surface area contributed by atoms with E-state index < -0.39 is 0 Å². The molecule has 0 bridgehead atoms. The maximum Gasteiger partial charge on any atom is 0.123 e. The molecule has 1 heterocycles. The maximum absolute atomic E-state index is 12.9. The second kappa shape index (κ2) is 6.71. The molecule has 0 radical (unpaired) electrons. The van der Waals surface area contributed by atoms with Crippen molar-refractivity contribution in [2.24, 2.45) is 0 Å². The molecular formula is C18H15FN2S. The Morgan fingerprint density at radius 1 is 0.909 bits per heavy atom. The lowest BCUT2D eigenvalue weighted by Gasteiger charge is -2.05. The number of thioether (sulfide) groups is 1. The Balaban J connectivity index is 1.69. The van der Waals surface area contributed by atoms with E-state index in [2.05, 4.69) is 29.3 Å². The summed E-state index contributed by atoms with van der Waals surface area (Å²) in [6, 6.07) is 18.5. The van der Waals surface area contributed by atoms with Crippen LogP contribution < -0.4 is 0 Å². The average Bonchev–Trinajstić information content (AvgIpc) is 2.55. The highest BCUT2D eigenvalue weighted by Gasteiger charge is 2.04. The largest absolute Gasteiger partial charge is 0.207 e. The molecule has 22 heavy (non-hydrogen) atoms. The molecule has 0 saturated heterocycles. The fraction of sp³-hybridized carbons (Fsp3) is 0.111. The van der Waals surface area contributed by atoms with Crippen molar-refractivity contribution < 1.29 is 4.39 Å². The van der Waals surface area contributed by atoms with Gasteiger partial charge in [0.15, 0.2) is 0 Å². The van der Waals surface area contributed by atoms with Crippen LogP contribution in [0.2, 0.25) is 0 Å². The van der Waals surface area contributed by atoms with E-state index in [0.717, 1.165) is 22.0 Å². The lowest BCUT2D eigenvalue weighted by molar-refractivity contribution is 0.628. The Bertz CT molecular complexity index is 755. The molecule has 0 atom stereocenters. The molecule has 0 spiro atoms. The first-order valence-corrected chi connectivity index (χ1v) is 7.98. The molecule has 2 nitrogen and oxygen atoms in total. The van der Waals surface area contributed by atoms with Gasteiger partial charge in [0.05, 0.1) is 5.69 Å². The smallest absolute Gasteiger partial charge is 0.123 e. The molecule has 3 rings (SSSR count). The molecule has 0 aliphatic heterocycles. The summed E-state index contributed by atoms with van der Waals surface area (Å²) < 4.78 is 12.9. The highest BCUT2D eigenvalue weighted by atomic mass is 32.2. The number of nitrogens with zero attached hydrogens (tertiary/aromatic N) is 2. The number of hydrogen-bond acceptors (Lipinski definition) is 3. The SMILES string of the molecule is Cc1ccccc1CSc1ccc(-c2ccc(F)cc2)nn1. The zero-order valence-electron chi connectivity index (χ0n) is 12.2. The van der Waals surface area contributed by atoms with Gasteiger partial charge in [0.25, 0.3) is 0 Å². The molecule has 2 aromatic carbocycles. The van der Waals surface area contributed by atoms with E-state index in [-0.39, 0.29) is 5.82 Å². The van der Waals surface area contributed by atoms with Gasteiger partial charge in [-0.25, -0.2) is 4.39 Å². The van der Waals surface area contributed by atoms with Crippen molar-refractivity contribution in [1.29, 1.82) is 0 Å². The van der Waals surface area contributed by atoms with Gasteiger partial charge in [-0.1, -0.05) is 36.0 Å². The van der Waals surface area contributed by atoms with Crippen LogP contribution in [-0.4, -0.2) is 10.2 Å². The van der Waals surface area contributed by atoms with Gasteiger partial charge in [-0.05, 0) is 54.4 Å². The van der Waals surface area contributed by atoms with Gasteiger partial charge in [-0.2, -0.15) is 0 Å². The molecule has 0 amide bonds. The van der Waals surface area contributed by atoms with Gasteiger partial charge >= 0.3 is 0 Å². The third-order valence-electron chi connectivity index (χ3n) is 3.42. The Hall–Kier alpha value is -2.20. The van der Waals surface area contributed by atoms with E-state index in [4.69, 9.17) is 0 Å². The zero-order chi connectivity index (χ0) is 15.4. The zero-order valence-corrected chi connectivity index (χ0v) is 13.0. The van der Waals surface area contributed by atoms with Crippen molar-refractivity contribution in [1.82, 2.24) is 10.2 Å². The van der Waals surface area contributed by atoms with Crippen LogP contribution in [0.25, 0.3) is 11.3 Å². The number of hydrogen-bond donors (Lipinski definition) is 0. The summed E-state index contributed by atoms with van der Waals surface area (Å²) in [7, 11) is 0. The number of aromatic nitrogens is 2. The van der Waals surface area contributed by atoms with Crippen molar-refractivity contribution in [2.45, 2.75) is 17.7 Å². The molecule has 3 aromatic rings. The van der Waals surface area contributed by atoms with E-state index in [1.165, 1.54) is 23.3 Å². The van der Waals surface area contributed by atoms with E-state index in [9.17, 15) is 4.39 Å². The number of benzene rings is 2. The topological polar surface area (TPSA) is 25.8 Å². The minimum absolute atomic E-state index is 0.248. The van der Waals surface area contributed by atoms with Gasteiger partial charge in [0.2, 0.25) is 0 Å². The molecule has 0 N–H and O–H groups in total. The third-order valence-corrected chi connectivity index (χ3v) is 4.39. The Labute approximate surface area is 133 Å². The first kappa shape index (κ1) is 14.7. The van der Waals surface area contributed by atoms with Crippen molar-refractivity contribution in [3.8, 4) is 11.3 Å². The lowest BCUT2D eigenvalue weighted by atomic mass is 10.1. The summed E-state index contributed by atoms with van der Waals surface area (Å²) >= 11 is 1.66. The predicted molar refractivity (Wildman–Crippen MR) is 88.2 cm³/mol. The molecule has 0 fully saturated rings. The van der Waals surface area contributed by atoms with E-state index in [1.54, 1.807) is 23.9 Å². The highest BCUT2D eigenvalue weighted by Crippen LogP contribution is 2.24. The number of aryl methyl sites for hydroxylation is 1. The van der Waals surface area contributed by atoms with Crippen molar-refractivity contribution in [2.75, 3.05) is 0 Å². The van der Waals surface area contributed by atoms with Gasteiger partial charge in [-0.3, -0.25) is 0 Å². The van der Waals surface area contributed by atoms with E-state index in [1.807, 2.05) is 24.3 Å². The molecule has 0 unspecified atom stereocenters. The number of rotatable bonds is 4. The second-order valence-corrected chi connectivity index (χ2v) is 5.97. The normalized spacial score (nSPS) is 10.6. The Morgan fingerprint density at radius 3 is 2.36 bits per heavy atom. The van der Waals surface area contributed by atoms with Crippen LogP contribution in [0.5, 0.6) is 0 Å². The monoisotopic (exact) mass is 310 g/mol. The molecule has 0 saturated carbocycles. The standard InChI is InChI=1S/C18H15FN2S/c1-13-4-2-3-5-15(13)12-22-18-11-10-17(20-21-18)14-6-8-16(19)9-7-14/h2-11H,12H2,1H3. The molecule has 110 valence electrons. The first-order valence-electron chi connectivity index (χ1n) is 6.99. The van der Waals surface area contributed by atoms with Crippen LogP contribution in [0, 0.1) is 12.7 Å².